The number of urea groups is 1. The summed E-state index contributed by atoms with van der Waals surface area (Å²) < 4.78 is 35.4. The van der Waals surface area contributed by atoms with E-state index >= 15 is 0 Å². The van der Waals surface area contributed by atoms with Crippen LogP contribution in [-0.2, 0) is 47.6 Å². The molecule has 4 aliphatic rings. The van der Waals surface area contributed by atoms with Crippen molar-refractivity contribution in [3.8, 4) is 0 Å². The van der Waals surface area contributed by atoms with E-state index in [9.17, 15) is 29.1 Å². The van der Waals surface area contributed by atoms with E-state index in [4.69, 9.17) is 34.2 Å². The van der Waals surface area contributed by atoms with Crippen LogP contribution in [-0.4, -0.2) is 147 Å². The number of amides is 2. The number of nitrogens with one attached hydrogen (secondary N) is 2. The summed E-state index contributed by atoms with van der Waals surface area (Å²) in [5, 5.41) is 25.5. The Morgan fingerprint density at radius 2 is 1.50 bits per heavy atom. The zero-order chi connectivity index (χ0) is 45.3. The number of unbranched alkanes of at least 4 members (excludes halogenated alkanes) is 3. The highest BCUT2D eigenvalue weighted by Crippen LogP contribution is 2.36. The van der Waals surface area contributed by atoms with E-state index in [0.717, 1.165) is 44.3 Å². The van der Waals surface area contributed by atoms with Gasteiger partial charge in [-0.3, -0.25) is 23.7 Å². The van der Waals surface area contributed by atoms with Crippen LogP contribution in [0.4, 0.5) is 10.6 Å². The molecule has 2 aromatic heterocycles. The van der Waals surface area contributed by atoms with Gasteiger partial charge in [0.25, 0.3) is 0 Å². The average Bonchev–Trinajstić information content (AvgIpc) is 3.57. The summed E-state index contributed by atoms with van der Waals surface area (Å²) >= 11 is 1.91. The summed E-state index contributed by atoms with van der Waals surface area (Å²) in [6, 6.07) is 0.398. The SMILES string of the molecule is CC1(CCC(=O)O[C@@H]2[C@@H](O)[C@H](n3cnc4c(N)ncnc43)O[C@@H]2COC(=O)CCCC(=O)CCCCOCCOCCOCCCCC(=O)CCCC[C@H]2SC[C@H]3NC(=O)N[C@H]32)N=N1. The van der Waals surface area contributed by atoms with Gasteiger partial charge in [-0.15, -0.1) is 0 Å². The zero-order valence-corrected chi connectivity index (χ0v) is 37.4. The molecule has 0 spiro atoms. The third kappa shape index (κ3) is 15.1. The zero-order valence-electron chi connectivity index (χ0n) is 36.6. The van der Waals surface area contributed by atoms with Crippen LogP contribution >= 0.6 is 11.8 Å². The molecule has 0 radical (unpaired) electrons. The lowest BCUT2D eigenvalue weighted by Gasteiger charge is -2.21. The Morgan fingerprint density at radius 1 is 0.844 bits per heavy atom. The summed E-state index contributed by atoms with van der Waals surface area (Å²) in [6.45, 7) is 4.41. The molecule has 354 valence electrons. The van der Waals surface area contributed by atoms with Crippen LogP contribution < -0.4 is 16.4 Å². The third-order valence-corrected chi connectivity index (χ3v) is 13.1. The maximum absolute atomic E-state index is 12.7. The number of aliphatic hydroxyl groups excluding tert-OH is 1. The van der Waals surface area contributed by atoms with Crippen molar-refractivity contribution in [2.75, 3.05) is 57.7 Å². The van der Waals surface area contributed by atoms with E-state index in [1.54, 1.807) is 6.92 Å². The van der Waals surface area contributed by atoms with Crippen molar-refractivity contribution in [1.82, 2.24) is 30.2 Å². The molecule has 3 fully saturated rings. The lowest BCUT2D eigenvalue weighted by Crippen LogP contribution is -2.39. The fourth-order valence-corrected chi connectivity index (χ4v) is 9.40. The van der Waals surface area contributed by atoms with Crippen LogP contribution in [0.15, 0.2) is 22.9 Å². The molecule has 2 aromatic rings. The Balaban J connectivity index is 0.729. The number of hydrogen-bond acceptors (Lipinski definition) is 19. The van der Waals surface area contributed by atoms with E-state index < -0.39 is 42.1 Å². The highest BCUT2D eigenvalue weighted by atomic mass is 32.2. The van der Waals surface area contributed by atoms with Crippen molar-refractivity contribution >= 4 is 58.3 Å². The first kappa shape index (κ1) is 49.1. The highest BCUT2D eigenvalue weighted by Gasteiger charge is 2.49. The minimum Gasteiger partial charge on any atom is -0.463 e. The molecule has 0 saturated carbocycles. The second-order valence-corrected chi connectivity index (χ2v) is 18.0. The fraction of sp³-hybridized carbons (Fsp3) is 0.762. The fourth-order valence-electron chi connectivity index (χ4n) is 7.85. The number of thioether (sulfide) groups is 1. The molecule has 5 N–H and O–H groups in total. The molecular formula is C42H63N9O12S. The molecule has 6 rings (SSSR count). The Labute approximate surface area is 376 Å². The van der Waals surface area contributed by atoms with Crippen LogP contribution in [0.25, 0.3) is 11.2 Å². The Bertz CT molecular complexity index is 1900. The number of nitrogens with two attached hydrogens (primary N) is 1. The number of anilines is 1. The predicted molar refractivity (Wildman–Crippen MR) is 231 cm³/mol. The monoisotopic (exact) mass is 917 g/mol. The predicted octanol–water partition coefficient (Wildman–Crippen LogP) is 3.51. The quantitative estimate of drug-likeness (QED) is 0.0464. The van der Waals surface area contributed by atoms with E-state index in [0.29, 0.717) is 100 Å². The second kappa shape index (κ2) is 24.8. The highest BCUT2D eigenvalue weighted by molar-refractivity contribution is 8.00. The van der Waals surface area contributed by atoms with Crippen LogP contribution in [0.2, 0.25) is 0 Å². The lowest BCUT2D eigenvalue weighted by molar-refractivity contribution is -0.160. The molecule has 64 heavy (non-hydrogen) atoms. The van der Waals surface area contributed by atoms with Crippen LogP contribution in [0.1, 0.15) is 109 Å². The third-order valence-electron chi connectivity index (χ3n) is 11.6. The van der Waals surface area contributed by atoms with Gasteiger partial charge in [0, 0.05) is 69.2 Å². The summed E-state index contributed by atoms with van der Waals surface area (Å²) in [4.78, 5) is 74.0. The summed E-state index contributed by atoms with van der Waals surface area (Å²) in [7, 11) is 0. The standard InChI is InChI=1S/C42H63N9O12S/c1-42(49-50-42)16-15-33(55)63-37-30(62-40(36(37)56)51-26-46-35-38(43)44-25-45-39(35)51)23-61-32(54)14-8-12-28(53)11-5-7-18-59-20-22-60-21-19-58-17-6-4-10-27(52)9-2-3-13-31-34-29(24-64-31)47-41(57)48-34/h25-26,29-31,34,36-37,40,56H,2-24H2,1H3,(H2,43,44,45)(H2,47,48,57)/t29-,30-,31-,34-,36-,37+,40-/m1/s1. The number of aromatic nitrogens is 4. The van der Waals surface area contributed by atoms with Crippen molar-refractivity contribution in [2.24, 2.45) is 10.2 Å². The summed E-state index contributed by atoms with van der Waals surface area (Å²) in [5.41, 5.74) is 5.92. The van der Waals surface area contributed by atoms with Crippen LogP contribution in [0.5, 0.6) is 0 Å². The summed E-state index contributed by atoms with van der Waals surface area (Å²) in [5.74, 6) is 0.297. The number of imidazole rings is 1. The van der Waals surface area contributed by atoms with Crippen molar-refractivity contribution < 1.29 is 57.5 Å². The number of Topliss-reactive ketones (excluding diaryl/α,β-unsaturated/α-hetero) is 2. The summed E-state index contributed by atoms with van der Waals surface area (Å²) in [6.07, 6.45) is 6.45. The van der Waals surface area contributed by atoms with Gasteiger partial charge in [-0.05, 0) is 51.9 Å². The maximum atomic E-state index is 12.7. The number of carbonyl (C=O) groups is 5. The molecular weight excluding hydrogens is 855 g/mol. The van der Waals surface area contributed by atoms with Crippen molar-refractivity contribution in [3.05, 3.63) is 12.7 Å². The maximum Gasteiger partial charge on any atom is 0.315 e. The molecule has 6 heterocycles. The minimum absolute atomic E-state index is 0.00275. The van der Waals surface area contributed by atoms with Gasteiger partial charge in [0.05, 0.1) is 44.8 Å². The number of nitrogens with zero attached hydrogens (tertiary/aromatic N) is 6. The van der Waals surface area contributed by atoms with Crippen LogP contribution in [0.3, 0.4) is 0 Å². The Kier molecular flexibility index (Phi) is 19.0. The number of rotatable bonds is 32. The molecule has 0 aromatic carbocycles. The molecule has 21 nitrogen and oxygen atoms in total. The van der Waals surface area contributed by atoms with Gasteiger partial charge in [-0.2, -0.15) is 22.0 Å². The average molecular weight is 918 g/mol. The molecule has 0 aliphatic carbocycles. The number of carbonyl (C=O) groups excluding carboxylic acids is 5. The molecule has 4 aliphatic heterocycles. The number of aliphatic hydroxyl groups is 1. The number of fused-ring (bicyclic) bond motifs is 2. The van der Waals surface area contributed by atoms with Gasteiger partial charge in [0.15, 0.2) is 29.5 Å². The topological polar surface area (TPSA) is 279 Å². The van der Waals surface area contributed by atoms with Crippen molar-refractivity contribution in [3.63, 3.8) is 0 Å². The van der Waals surface area contributed by atoms with E-state index in [1.807, 2.05) is 11.8 Å². The number of nitrogen functional groups attached to an aromatic ring is 1. The van der Waals surface area contributed by atoms with Gasteiger partial charge in [-0.1, -0.05) is 6.42 Å². The van der Waals surface area contributed by atoms with Crippen molar-refractivity contribution in [1.29, 1.82) is 0 Å². The molecule has 7 atom stereocenters. The number of esters is 2. The molecule has 22 heteroatoms. The lowest BCUT2D eigenvalue weighted by atomic mass is 10.0. The van der Waals surface area contributed by atoms with E-state index in [2.05, 4.69) is 35.8 Å². The smallest absolute Gasteiger partial charge is 0.315 e. The molecule has 3 saturated heterocycles. The number of ether oxygens (including phenoxy) is 6. The van der Waals surface area contributed by atoms with Gasteiger partial charge in [0.1, 0.15) is 42.2 Å². The van der Waals surface area contributed by atoms with Gasteiger partial charge in [-0.25, -0.2) is 19.7 Å². The van der Waals surface area contributed by atoms with Gasteiger partial charge < -0.3 is 49.9 Å². The number of hydrogen-bond donors (Lipinski definition) is 4. The first-order valence-electron chi connectivity index (χ1n) is 22.5. The van der Waals surface area contributed by atoms with Crippen molar-refractivity contribution in [2.45, 2.75) is 151 Å². The Hall–Kier alpha value is -4.35. The largest absolute Gasteiger partial charge is 0.463 e. The number of ketones is 2. The first-order valence-corrected chi connectivity index (χ1v) is 23.6. The van der Waals surface area contributed by atoms with Crippen LogP contribution in [0, 0.1) is 0 Å². The second-order valence-electron chi connectivity index (χ2n) is 16.7. The molecule has 0 unspecified atom stereocenters. The molecule has 0 bridgehead atoms. The Morgan fingerprint density at radius 3 is 2.19 bits per heavy atom. The van der Waals surface area contributed by atoms with E-state index in [1.165, 1.54) is 17.2 Å². The minimum atomic E-state index is -1.36. The van der Waals surface area contributed by atoms with E-state index in [-0.39, 0.29) is 55.6 Å². The molecule has 2 amide bonds. The normalized spacial score (nSPS) is 24.1. The van der Waals surface area contributed by atoms with Gasteiger partial charge >= 0.3 is 18.0 Å². The van der Waals surface area contributed by atoms with Gasteiger partial charge in [0.2, 0.25) is 0 Å². The first-order chi connectivity index (χ1) is 31.0.